The fourth-order valence-corrected chi connectivity index (χ4v) is 3.99. The monoisotopic (exact) mass is 387 g/mol. The molecule has 0 aromatic carbocycles. The summed E-state index contributed by atoms with van der Waals surface area (Å²) in [5, 5.41) is 6.73. The molecule has 2 fully saturated rings. The summed E-state index contributed by atoms with van der Waals surface area (Å²) in [6, 6.07) is 4.23. The Kier molecular flexibility index (Phi) is 8.88. The van der Waals surface area contributed by atoms with Crippen LogP contribution in [0.1, 0.15) is 63.9 Å². The molecule has 0 unspecified atom stereocenters. The third-order valence-electron chi connectivity index (χ3n) is 5.55. The van der Waals surface area contributed by atoms with Crippen LogP contribution < -0.4 is 15.5 Å². The van der Waals surface area contributed by atoms with E-state index in [2.05, 4.69) is 39.6 Å². The average molecular weight is 388 g/mol. The summed E-state index contributed by atoms with van der Waals surface area (Å²) in [5.74, 6) is 1.94. The van der Waals surface area contributed by atoms with E-state index in [9.17, 15) is 0 Å². The average Bonchev–Trinajstić information content (AvgIpc) is 3.14. The Bertz CT molecular complexity index is 592. The van der Waals surface area contributed by atoms with E-state index in [0.29, 0.717) is 12.6 Å². The minimum absolute atomic E-state index is 0.449. The summed E-state index contributed by atoms with van der Waals surface area (Å²) in [7, 11) is 0. The van der Waals surface area contributed by atoms with Gasteiger partial charge in [0.1, 0.15) is 5.82 Å². The van der Waals surface area contributed by atoms with Crippen LogP contribution in [0, 0.1) is 0 Å². The molecule has 0 radical (unpaired) electrons. The molecule has 28 heavy (non-hydrogen) atoms. The maximum absolute atomic E-state index is 6.07. The van der Waals surface area contributed by atoms with Gasteiger partial charge in [0.25, 0.3) is 0 Å². The van der Waals surface area contributed by atoms with Gasteiger partial charge >= 0.3 is 0 Å². The van der Waals surface area contributed by atoms with Crippen LogP contribution in [0.5, 0.6) is 0 Å². The molecular formula is C22H37N5O. The number of ether oxygens (including phenoxy) is 1. The predicted octanol–water partition coefficient (Wildman–Crippen LogP) is 3.48. The van der Waals surface area contributed by atoms with Crippen LogP contribution >= 0.6 is 0 Å². The van der Waals surface area contributed by atoms with E-state index in [1.54, 1.807) is 0 Å². The number of hydrogen-bond acceptors (Lipinski definition) is 4. The molecule has 0 amide bonds. The zero-order valence-electron chi connectivity index (χ0n) is 17.5. The van der Waals surface area contributed by atoms with Crippen LogP contribution in [-0.2, 0) is 11.3 Å². The summed E-state index contributed by atoms with van der Waals surface area (Å²) in [4.78, 5) is 11.6. The number of guanidine groups is 1. The molecule has 1 aromatic rings. The maximum Gasteiger partial charge on any atom is 0.191 e. The van der Waals surface area contributed by atoms with Crippen molar-refractivity contribution in [3.8, 4) is 0 Å². The minimum Gasteiger partial charge on any atom is -0.376 e. The first-order valence-corrected chi connectivity index (χ1v) is 11.2. The highest BCUT2D eigenvalue weighted by Gasteiger charge is 2.14. The second-order valence-corrected chi connectivity index (χ2v) is 7.82. The molecule has 1 saturated carbocycles. The Morgan fingerprint density at radius 2 is 1.93 bits per heavy atom. The predicted molar refractivity (Wildman–Crippen MR) is 116 cm³/mol. The van der Waals surface area contributed by atoms with Crippen molar-refractivity contribution in [2.24, 2.45) is 4.99 Å². The van der Waals surface area contributed by atoms with Gasteiger partial charge in [0.2, 0.25) is 0 Å². The number of rotatable bonds is 8. The number of aliphatic imine (C=N–C) groups is 1. The normalized spacial score (nSPS) is 18.9. The Balaban J connectivity index is 1.45. The van der Waals surface area contributed by atoms with Crippen molar-refractivity contribution in [1.82, 2.24) is 15.6 Å². The van der Waals surface area contributed by atoms with Crippen molar-refractivity contribution in [2.45, 2.75) is 70.9 Å². The number of pyridine rings is 1. The van der Waals surface area contributed by atoms with E-state index in [1.807, 2.05) is 6.20 Å². The summed E-state index contributed by atoms with van der Waals surface area (Å²) in [5.41, 5.74) is 1.20. The van der Waals surface area contributed by atoms with E-state index in [4.69, 9.17) is 9.73 Å². The Labute approximate surface area is 170 Å². The van der Waals surface area contributed by atoms with Crippen LogP contribution in [0.25, 0.3) is 0 Å². The number of nitrogens with zero attached hydrogens (tertiary/aromatic N) is 3. The molecule has 1 saturated heterocycles. The highest BCUT2D eigenvalue weighted by Crippen LogP contribution is 2.20. The zero-order valence-corrected chi connectivity index (χ0v) is 17.5. The molecule has 1 aromatic heterocycles. The first-order chi connectivity index (χ1) is 13.8. The third-order valence-corrected chi connectivity index (χ3v) is 5.55. The highest BCUT2D eigenvalue weighted by molar-refractivity contribution is 5.79. The van der Waals surface area contributed by atoms with Crippen molar-refractivity contribution in [1.29, 1.82) is 0 Å². The molecule has 0 spiro atoms. The summed E-state index contributed by atoms with van der Waals surface area (Å²) >= 11 is 0. The van der Waals surface area contributed by atoms with Crippen molar-refractivity contribution in [3.63, 3.8) is 0 Å². The van der Waals surface area contributed by atoms with Crippen LogP contribution in [0.15, 0.2) is 23.3 Å². The summed E-state index contributed by atoms with van der Waals surface area (Å²) in [6.45, 7) is 7.36. The van der Waals surface area contributed by atoms with Gasteiger partial charge in [-0.1, -0.05) is 25.7 Å². The molecule has 1 aliphatic heterocycles. The largest absolute Gasteiger partial charge is 0.376 e. The Hall–Kier alpha value is -1.82. The number of nitrogens with one attached hydrogen (secondary N) is 2. The molecule has 3 rings (SSSR count). The van der Waals surface area contributed by atoms with Crippen molar-refractivity contribution in [2.75, 3.05) is 37.7 Å². The minimum atomic E-state index is 0.449. The molecule has 156 valence electrons. The molecule has 6 nitrogen and oxygen atoms in total. The Morgan fingerprint density at radius 3 is 2.68 bits per heavy atom. The first-order valence-electron chi connectivity index (χ1n) is 11.2. The molecule has 0 atom stereocenters. The van der Waals surface area contributed by atoms with Crippen LogP contribution in [-0.4, -0.2) is 49.8 Å². The lowest BCUT2D eigenvalue weighted by molar-refractivity contribution is 0.0468. The van der Waals surface area contributed by atoms with E-state index in [1.165, 1.54) is 56.9 Å². The van der Waals surface area contributed by atoms with Gasteiger partial charge < -0.3 is 20.3 Å². The molecular weight excluding hydrogens is 350 g/mol. The SMILES string of the molecule is CCNC(=NCc1ccnc(N2CCCC2)c1)NCCOC1CCCCCC1. The summed E-state index contributed by atoms with van der Waals surface area (Å²) < 4.78 is 6.07. The number of anilines is 1. The second kappa shape index (κ2) is 11.9. The molecule has 2 heterocycles. The van der Waals surface area contributed by atoms with E-state index < -0.39 is 0 Å². The van der Waals surface area contributed by atoms with Crippen LogP contribution in [0.4, 0.5) is 5.82 Å². The lowest BCUT2D eigenvalue weighted by Gasteiger charge is -2.17. The molecule has 2 aliphatic rings. The van der Waals surface area contributed by atoms with Crippen LogP contribution in [0.2, 0.25) is 0 Å². The third kappa shape index (κ3) is 6.97. The van der Waals surface area contributed by atoms with E-state index in [-0.39, 0.29) is 0 Å². The van der Waals surface area contributed by atoms with Gasteiger partial charge in [0.05, 0.1) is 19.3 Å². The fourth-order valence-electron chi connectivity index (χ4n) is 3.99. The standard InChI is InChI=1S/C22H37N5O/c1-2-23-22(25-13-16-28-20-9-5-3-4-6-10-20)26-18-19-11-12-24-21(17-19)27-14-7-8-15-27/h11-12,17,20H,2-10,13-16,18H2,1H3,(H2,23,25,26). The van der Waals surface area contributed by atoms with E-state index in [0.717, 1.165) is 44.6 Å². The number of hydrogen-bond donors (Lipinski definition) is 2. The molecule has 0 bridgehead atoms. The molecule has 6 heteroatoms. The maximum atomic E-state index is 6.07. The van der Waals surface area contributed by atoms with Gasteiger partial charge in [0, 0.05) is 32.4 Å². The van der Waals surface area contributed by atoms with Crippen molar-refractivity contribution in [3.05, 3.63) is 23.9 Å². The summed E-state index contributed by atoms with van der Waals surface area (Å²) in [6.07, 6.45) is 12.7. The van der Waals surface area contributed by atoms with Gasteiger partial charge in [-0.3, -0.25) is 0 Å². The number of aromatic nitrogens is 1. The molecule has 2 N–H and O–H groups in total. The first kappa shape index (κ1) is 20.9. The van der Waals surface area contributed by atoms with Gasteiger partial charge in [0.15, 0.2) is 5.96 Å². The quantitative estimate of drug-likeness (QED) is 0.309. The Morgan fingerprint density at radius 1 is 1.14 bits per heavy atom. The fraction of sp³-hybridized carbons (Fsp3) is 0.727. The van der Waals surface area contributed by atoms with Crippen LogP contribution in [0.3, 0.4) is 0 Å². The van der Waals surface area contributed by atoms with Gasteiger partial charge in [-0.25, -0.2) is 9.98 Å². The van der Waals surface area contributed by atoms with E-state index >= 15 is 0 Å². The van der Waals surface area contributed by atoms with Gasteiger partial charge in [-0.15, -0.1) is 0 Å². The van der Waals surface area contributed by atoms with Gasteiger partial charge in [-0.2, -0.15) is 0 Å². The van der Waals surface area contributed by atoms with Gasteiger partial charge in [-0.05, 0) is 50.3 Å². The smallest absolute Gasteiger partial charge is 0.191 e. The second-order valence-electron chi connectivity index (χ2n) is 7.82. The lowest BCUT2D eigenvalue weighted by Crippen LogP contribution is -2.39. The van der Waals surface area contributed by atoms with Crippen molar-refractivity contribution >= 4 is 11.8 Å². The van der Waals surface area contributed by atoms with Crippen molar-refractivity contribution < 1.29 is 4.74 Å². The topological polar surface area (TPSA) is 61.8 Å². The molecule has 1 aliphatic carbocycles. The zero-order chi connectivity index (χ0) is 19.4. The lowest BCUT2D eigenvalue weighted by atomic mass is 10.1. The highest BCUT2D eigenvalue weighted by atomic mass is 16.5.